The van der Waals surface area contributed by atoms with Gasteiger partial charge in [0.15, 0.2) is 0 Å². The maximum absolute atomic E-state index is 11.8. The second-order valence-corrected chi connectivity index (χ2v) is 5.41. The van der Waals surface area contributed by atoms with E-state index < -0.39 is 0 Å². The number of halogens is 1. The van der Waals surface area contributed by atoms with Crippen LogP contribution in [-0.2, 0) is 9.59 Å². The van der Waals surface area contributed by atoms with E-state index in [4.69, 9.17) is 0 Å². The number of hydrogen-bond acceptors (Lipinski definition) is 3. The molecule has 5 nitrogen and oxygen atoms in total. The van der Waals surface area contributed by atoms with E-state index >= 15 is 0 Å². The molecule has 0 bridgehead atoms. The predicted octanol–water partition coefficient (Wildman–Crippen LogP) is 1.81. The van der Waals surface area contributed by atoms with Crippen molar-refractivity contribution < 1.29 is 9.59 Å². The number of aryl methyl sites for hydroxylation is 1. The quantitative estimate of drug-likeness (QED) is 0.662. The molecule has 2 amide bonds. The summed E-state index contributed by atoms with van der Waals surface area (Å²) < 4.78 is 0.898. The Morgan fingerprint density at radius 3 is 2.70 bits per heavy atom. The van der Waals surface area contributed by atoms with E-state index in [0.717, 1.165) is 28.7 Å². The van der Waals surface area contributed by atoms with Gasteiger partial charge < -0.3 is 16.0 Å². The number of benzene rings is 1. The lowest BCUT2D eigenvalue weighted by molar-refractivity contribution is -0.124. The summed E-state index contributed by atoms with van der Waals surface area (Å²) in [6.07, 6.45) is 1.18. The molecule has 0 saturated heterocycles. The molecule has 0 aliphatic heterocycles. The van der Waals surface area contributed by atoms with Crippen molar-refractivity contribution in [3.63, 3.8) is 0 Å². The maximum Gasteiger partial charge on any atom is 0.243 e. The normalized spacial score (nSPS) is 10.2. The molecule has 0 aromatic heterocycles. The summed E-state index contributed by atoms with van der Waals surface area (Å²) in [6, 6.07) is 5.66. The first-order valence-corrected chi connectivity index (χ1v) is 7.29. The van der Waals surface area contributed by atoms with E-state index in [1.54, 1.807) is 0 Å². The van der Waals surface area contributed by atoms with Crippen LogP contribution in [0.15, 0.2) is 22.7 Å². The van der Waals surface area contributed by atoms with Gasteiger partial charge in [0.1, 0.15) is 0 Å². The summed E-state index contributed by atoms with van der Waals surface area (Å²) in [5.74, 6) is -0.338. The molecule has 3 N–H and O–H groups in total. The van der Waals surface area contributed by atoms with Gasteiger partial charge in [-0.05, 0) is 44.6 Å². The fraction of sp³-hybridized carbons (Fsp3) is 0.429. The summed E-state index contributed by atoms with van der Waals surface area (Å²) >= 11 is 3.36. The Balaban J connectivity index is 2.36. The van der Waals surface area contributed by atoms with Crippen LogP contribution in [-0.4, -0.2) is 32.0 Å². The zero-order valence-corrected chi connectivity index (χ0v) is 13.3. The summed E-state index contributed by atoms with van der Waals surface area (Å²) in [6.45, 7) is 2.69. The Bertz CT molecular complexity index is 477. The molecule has 1 aromatic carbocycles. The largest absolute Gasteiger partial charge is 0.347 e. The van der Waals surface area contributed by atoms with Gasteiger partial charge in [-0.1, -0.05) is 22.0 Å². The standard InChI is InChI=1S/C14H20BrN3O2/c1-10-5-6-11(15)8-12(10)18-14(20)9-17-13(19)4-3-7-16-2/h5-6,8,16H,3-4,7,9H2,1-2H3,(H,17,19)(H,18,20). The molecule has 20 heavy (non-hydrogen) atoms. The smallest absolute Gasteiger partial charge is 0.243 e. The Morgan fingerprint density at radius 2 is 2.00 bits per heavy atom. The lowest BCUT2D eigenvalue weighted by Gasteiger charge is -2.09. The molecular formula is C14H20BrN3O2. The first-order chi connectivity index (χ1) is 9.52. The first-order valence-electron chi connectivity index (χ1n) is 6.50. The Kier molecular flexibility index (Phi) is 7.25. The minimum absolute atomic E-state index is 0.00958. The van der Waals surface area contributed by atoms with E-state index in [0.29, 0.717) is 6.42 Å². The van der Waals surface area contributed by atoms with Gasteiger partial charge in [0, 0.05) is 16.6 Å². The first kappa shape index (κ1) is 16.7. The third kappa shape index (κ3) is 6.16. The van der Waals surface area contributed by atoms with Crippen LogP contribution in [0.25, 0.3) is 0 Å². The summed E-state index contributed by atoms with van der Waals surface area (Å²) in [7, 11) is 1.84. The molecule has 0 aliphatic rings. The van der Waals surface area contributed by atoms with Crippen LogP contribution >= 0.6 is 15.9 Å². The van der Waals surface area contributed by atoms with Crippen molar-refractivity contribution in [3.05, 3.63) is 28.2 Å². The molecule has 0 heterocycles. The zero-order valence-electron chi connectivity index (χ0n) is 11.8. The van der Waals surface area contributed by atoms with Crippen molar-refractivity contribution in [1.29, 1.82) is 0 Å². The minimum atomic E-state index is -0.229. The monoisotopic (exact) mass is 341 g/mol. The number of carbonyl (C=O) groups is 2. The number of rotatable bonds is 7. The predicted molar refractivity (Wildman–Crippen MR) is 83.7 cm³/mol. The Hall–Kier alpha value is -1.40. The lowest BCUT2D eigenvalue weighted by atomic mass is 10.2. The number of anilines is 1. The van der Waals surface area contributed by atoms with Gasteiger partial charge in [-0.2, -0.15) is 0 Å². The molecule has 1 rings (SSSR count). The van der Waals surface area contributed by atoms with Crippen molar-refractivity contribution >= 4 is 33.4 Å². The average Bonchev–Trinajstić information content (AvgIpc) is 2.41. The minimum Gasteiger partial charge on any atom is -0.347 e. The maximum atomic E-state index is 11.8. The van der Waals surface area contributed by atoms with E-state index in [9.17, 15) is 9.59 Å². The lowest BCUT2D eigenvalue weighted by Crippen LogP contribution is -2.33. The molecule has 0 saturated carbocycles. The van der Waals surface area contributed by atoms with Gasteiger partial charge in [0.25, 0.3) is 0 Å². The molecule has 0 radical (unpaired) electrons. The molecule has 110 valence electrons. The molecule has 6 heteroatoms. The zero-order chi connectivity index (χ0) is 15.0. The fourth-order valence-corrected chi connectivity index (χ4v) is 1.98. The van der Waals surface area contributed by atoms with Crippen LogP contribution in [0.5, 0.6) is 0 Å². The third-order valence-electron chi connectivity index (χ3n) is 2.75. The molecule has 0 spiro atoms. The van der Waals surface area contributed by atoms with E-state index in [1.165, 1.54) is 0 Å². The van der Waals surface area contributed by atoms with Crippen molar-refractivity contribution in [3.8, 4) is 0 Å². The highest BCUT2D eigenvalue weighted by molar-refractivity contribution is 9.10. The van der Waals surface area contributed by atoms with Crippen LogP contribution in [0.1, 0.15) is 18.4 Å². The van der Waals surface area contributed by atoms with E-state index in [1.807, 2.05) is 32.2 Å². The van der Waals surface area contributed by atoms with Crippen molar-refractivity contribution in [2.24, 2.45) is 0 Å². The van der Waals surface area contributed by atoms with Gasteiger partial charge in [0.2, 0.25) is 11.8 Å². The SMILES string of the molecule is CNCCCC(=O)NCC(=O)Nc1cc(Br)ccc1C. The van der Waals surface area contributed by atoms with Crippen LogP contribution in [0, 0.1) is 6.92 Å². The third-order valence-corrected chi connectivity index (χ3v) is 3.24. The van der Waals surface area contributed by atoms with Crippen LogP contribution in [0.2, 0.25) is 0 Å². The summed E-state index contributed by atoms with van der Waals surface area (Å²) in [4.78, 5) is 23.2. The van der Waals surface area contributed by atoms with E-state index in [-0.39, 0.29) is 18.4 Å². The van der Waals surface area contributed by atoms with Gasteiger partial charge in [-0.25, -0.2) is 0 Å². The molecular weight excluding hydrogens is 322 g/mol. The number of nitrogens with one attached hydrogen (secondary N) is 3. The average molecular weight is 342 g/mol. The topological polar surface area (TPSA) is 70.2 Å². The summed E-state index contributed by atoms with van der Waals surface area (Å²) in [5, 5.41) is 8.35. The van der Waals surface area contributed by atoms with Crippen LogP contribution in [0.4, 0.5) is 5.69 Å². The van der Waals surface area contributed by atoms with Crippen molar-refractivity contribution in [1.82, 2.24) is 10.6 Å². The molecule has 0 unspecified atom stereocenters. The number of amides is 2. The van der Waals surface area contributed by atoms with Crippen LogP contribution in [0.3, 0.4) is 0 Å². The molecule has 0 atom stereocenters. The van der Waals surface area contributed by atoms with Gasteiger partial charge in [0.05, 0.1) is 6.54 Å². The highest BCUT2D eigenvalue weighted by Gasteiger charge is 2.07. The second-order valence-electron chi connectivity index (χ2n) is 4.49. The highest BCUT2D eigenvalue weighted by Crippen LogP contribution is 2.20. The molecule has 1 aromatic rings. The second kappa shape index (κ2) is 8.71. The Labute approximate surface area is 127 Å². The molecule has 0 aliphatic carbocycles. The van der Waals surface area contributed by atoms with Gasteiger partial charge in [-0.3, -0.25) is 9.59 Å². The Morgan fingerprint density at radius 1 is 1.25 bits per heavy atom. The van der Waals surface area contributed by atoms with E-state index in [2.05, 4.69) is 31.9 Å². The number of hydrogen-bond donors (Lipinski definition) is 3. The highest BCUT2D eigenvalue weighted by atomic mass is 79.9. The van der Waals surface area contributed by atoms with Gasteiger partial charge in [-0.15, -0.1) is 0 Å². The number of carbonyl (C=O) groups excluding carboxylic acids is 2. The molecule has 0 fully saturated rings. The fourth-order valence-electron chi connectivity index (χ4n) is 1.62. The van der Waals surface area contributed by atoms with Crippen molar-refractivity contribution in [2.75, 3.05) is 25.5 Å². The summed E-state index contributed by atoms with van der Waals surface area (Å²) in [5.41, 5.74) is 1.72. The van der Waals surface area contributed by atoms with Gasteiger partial charge >= 0.3 is 0 Å². The van der Waals surface area contributed by atoms with Crippen LogP contribution < -0.4 is 16.0 Å². The van der Waals surface area contributed by atoms with Crippen molar-refractivity contribution in [2.45, 2.75) is 19.8 Å².